The molecule has 0 aliphatic rings. The Hall–Kier alpha value is -3.86. The fraction of sp³-hybridized carbons (Fsp3) is 0.200. The Morgan fingerprint density at radius 1 is 0.722 bits per heavy atom. The molecule has 36 heavy (non-hydrogen) atoms. The normalized spacial score (nSPS) is 12.6. The van der Waals surface area contributed by atoms with Crippen molar-refractivity contribution in [3.05, 3.63) is 95.1 Å². The van der Waals surface area contributed by atoms with Gasteiger partial charge in [0.2, 0.25) is 5.91 Å². The van der Waals surface area contributed by atoms with Crippen LogP contribution < -0.4 is 10.6 Å². The Labute approximate surface area is 201 Å². The fourth-order valence-corrected chi connectivity index (χ4v) is 3.23. The fourth-order valence-electron chi connectivity index (χ4n) is 3.23. The minimum absolute atomic E-state index is 0.120. The number of alkyl halides is 6. The molecule has 0 aliphatic carbocycles. The standard InChI is InChI=1S/C25H20F6N2O3/c26-24(27,28)19-9-1-15(2-10-19)13-32-23(36)21(14-34)33-22(35)18-5-3-16(4-6-18)17-7-11-20(12-8-17)25(29,30)31/h1-12,21,34H,13-14H2,(H,32,36)(H,33,35)/t21-/m0/s1. The Morgan fingerprint density at radius 2 is 1.17 bits per heavy atom. The van der Waals surface area contributed by atoms with Gasteiger partial charge in [0.1, 0.15) is 6.04 Å². The predicted molar refractivity (Wildman–Crippen MR) is 119 cm³/mol. The van der Waals surface area contributed by atoms with Crippen LogP contribution in [0.5, 0.6) is 0 Å². The van der Waals surface area contributed by atoms with Gasteiger partial charge in [-0.2, -0.15) is 26.3 Å². The average Bonchev–Trinajstić information content (AvgIpc) is 2.85. The minimum atomic E-state index is -4.48. The first-order chi connectivity index (χ1) is 16.9. The van der Waals surface area contributed by atoms with Crippen LogP contribution in [0.15, 0.2) is 72.8 Å². The summed E-state index contributed by atoms with van der Waals surface area (Å²) in [5.74, 6) is -1.43. The van der Waals surface area contributed by atoms with Crippen molar-refractivity contribution in [3.8, 4) is 11.1 Å². The Morgan fingerprint density at radius 3 is 1.61 bits per heavy atom. The van der Waals surface area contributed by atoms with E-state index in [0.29, 0.717) is 16.7 Å². The monoisotopic (exact) mass is 510 g/mol. The van der Waals surface area contributed by atoms with Crippen molar-refractivity contribution in [3.63, 3.8) is 0 Å². The van der Waals surface area contributed by atoms with E-state index >= 15 is 0 Å². The van der Waals surface area contributed by atoms with E-state index in [1.807, 2.05) is 0 Å². The summed E-state index contributed by atoms with van der Waals surface area (Å²) in [6, 6.07) is 13.2. The summed E-state index contributed by atoms with van der Waals surface area (Å²) >= 11 is 0. The Kier molecular flexibility index (Phi) is 8.03. The molecule has 0 saturated carbocycles. The number of aliphatic hydroxyl groups excluding tert-OH is 1. The van der Waals surface area contributed by atoms with Crippen molar-refractivity contribution in [2.24, 2.45) is 0 Å². The first kappa shape index (κ1) is 26.7. The lowest BCUT2D eigenvalue weighted by Crippen LogP contribution is -2.48. The van der Waals surface area contributed by atoms with Crippen LogP contribution in [0.25, 0.3) is 11.1 Å². The van der Waals surface area contributed by atoms with E-state index in [9.17, 15) is 41.0 Å². The molecule has 0 aromatic heterocycles. The number of carbonyl (C=O) groups is 2. The molecule has 3 aromatic carbocycles. The van der Waals surface area contributed by atoms with Gasteiger partial charge < -0.3 is 15.7 Å². The summed E-state index contributed by atoms with van der Waals surface area (Å²) in [4.78, 5) is 24.8. The smallest absolute Gasteiger partial charge is 0.394 e. The van der Waals surface area contributed by atoms with Crippen molar-refractivity contribution < 1.29 is 41.0 Å². The zero-order chi connectivity index (χ0) is 26.5. The number of benzene rings is 3. The lowest BCUT2D eigenvalue weighted by molar-refractivity contribution is -0.138. The lowest BCUT2D eigenvalue weighted by Gasteiger charge is -2.17. The summed E-state index contributed by atoms with van der Waals surface area (Å²) in [7, 11) is 0. The predicted octanol–water partition coefficient (Wildman–Crippen LogP) is 4.80. The number of halogens is 6. The largest absolute Gasteiger partial charge is 0.416 e. The van der Waals surface area contributed by atoms with E-state index in [1.54, 1.807) is 0 Å². The highest BCUT2D eigenvalue weighted by molar-refractivity contribution is 5.98. The van der Waals surface area contributed by atoms with Gasteiger partial charge in [0.25, 0.3) is 5.91 Å². The number of hydrogen-bond donors (Lipinski definition) is 3. The van der Waals surface area contributed by atoms with Gasteiger partial charge in [-0.1, -0.05) is 36.4 Å². The lowest BCUT2D eigenvalue weighted by atomic mass is 10.0. The van der Waals surface area contributed by atoms with E-state index in [4.69, 9.17) is 0 Å². The van der Waals surface area contributed by atoms with Crippen molar-refractivity contribution in [1.29, 1.82) is 0 Å². The van der Waals surface area contributed by atoms with Crippen LogP contribution in [0, 0.1) is 0 Å². The van der Waals surface area contributed by atoms with Gasteiger partial charge in [-0.3, -0.25) is 9.59 Å². The third kappa shape index (κ3) is 6.85. The van der Waals surface area contributed by atoms with Crippen LogP contribution in [0.1, 0.15) is 27.0 Å². The van der Waals surface area contributed by atoms with Crippen molar-refractivity contribution in [2.75, 3.05) is 6.61 Å². The second kappa shape index (κ2) is 10.8. The molecule has 0 spiro atoms. The Bertz CT molecular complexity index is 1190. The number of carbonyl (C=O) groups excluding carboxylic acids is 2. The molecule has 2 amide bonds. The molecular weight excluding hydrogens is 490 g/mol. The molecule has 0 fully saturated rings. The molecular formula is C25H20F6N2O3. The summed E-state index contributed by atoms with van der Waals surface area (Å²) in [6.07, 6.45) is -8.93. The Balaban J connectivity index is 1.58. The molecule has 3 N–H and O–H groups in total. The first-order valence-corrected chi connectivity index (χ1v) is 10.5. The second-order valence-electron chi connectivity index (χ2n) is 7.77. The molecule has 0 unspecified atom stereocenters. The van der Waals surface area contributed by atoms with Gasteiger partial charge in [0.15, 0.2) is 0 Å². The van der Waals surface area contributed by atoms with Crippen LogP contribution in [-0.4, -0.2) is 29.6 Å². The highest BCUT2D eigenvalue weighted by atomic mass is 19.4. The highest BCUT2D eigenvalue weighted by Gasteiger charge is 2.30. The third-order valence-corrected chi connectivity index (χ3v) is 5.25. The molecule has 0 aliphatic heterocycles. The maximum Gasteiger partial charge on any atom is 0.416 e. The first-order valence-electron chi connectivity index (χ1n) is 10.5. The van der Waals surface area contributed by atoms with E-state index in [-0.39, 0.29) is 12.1 Å². The third-order valence-electron chi connectivity index (χ3n) is 5.25. The molecule has 0 radical (unpaired) electrons. The molecule has 3 aromatic rings. The number of rotatable bonds is 7. The van der Waals surface area contributed by atoms with Crippen LogP contribution in [-0.2, 0) is 23.7 Å². The number of aliphatic hydroxyl groups is 1. The van der Waals surface area contributed by atoms with E-state index in [1.165, 1.54) is 48.5 Å². The molecule has 0 saturated heterocycles. The van der Waals surface area contributed by atoms with Gasteiger partial charge in [-0.15, -0.1) is 0 Å². The average molecular weight is 510 g/mol. The SMILES string of the molecule is O=C(N[C@@H](CO)C(=O)NCc1ccc(C(F)(F)F)cc1)c1ccc(-c2ccc(C(F)(F)F)cc2)cc1. The molecule has 1 atom stereocenters. The van der Waals surface area contributed by atoms with Crippen LogP contribution in [0.4, 0.5) is 26.3 Å². The molecule has 0 heterocycles. The van der Waals surface area contributed by atoms with Gasteiger partial charge in [-0.05, 0) is 53.1 Å². The number of nitrogens with one attached hydrogen (secondary N) is 2. The molecule has 11 heteroatoms. The van der Waals surface area contributed by atoms with Gasteiger partial charge in [0, 0.05) is 12.1 Å². The van der Waals surface area contributed by atoms with E-state index in [2.05, 4.69) is 10.6 Å². The summed E-state index contributed by atoms with van der Waals surface area (Å²) < 4.78 is 76.0. The topological polar surface area (TPSA) is 78.4 Å². The number of hydrogen-bond acceptors (Lipinski definition) is 3. The van der Waals surface area contributed by atoms with Crippen molar-refractivity contribution in [2.45, 2.75) is 24.9 Å². The second-order valence-corrected chi connectivity index (χ2v) is 7.77. The summed E-state index contributed by atoms with van der Waals surface area (Å²) in [5, 5.41) is 14.3. The van der Waals surface area contributed by atoms with Crippen molar-refractivity contribution >= 4 is 11.8 Å². The van der Waals surface area contributed by atoms with Crippen LogP contribution >= 0.6 is 0 Å². The van der Waals surface area contributed by atoms with E-state index < -0.39 is 47.9 Å². The number of amides is 2. The van der Waals surface area contributed by atoms with Crippen molar-refractivity contribution in [1.82, 2.24) is 10.6 Å². The molecule has 190 valence electrons. The van der Waals surface area contributed by atoms with Gasteiger partial charge in [-0.25, -0.2) is 0 Å². The summed E-state index contributed by atoms with van der Waals surface area (Å²) in [6.45, 7) is -0.848. The quantitative estimate of drug-likeness (QED) is 0.400. The summed E-state index contributed by atoms with van der Waals surface area (Å²) in [5.41, 5.74) is -0.0201. The van der Waals surface area contributed by atoms with E-state index in [0.717, 1.165) is 24.3 Å². The molecule has 0 bridgehead atoms. The minimum Gasteiger partial charge on any atom is -0.394 e. The zero-order valence-electron chi connectivity index (χ0n) is 18.5. The van der Waals surface area contributed by atoms with Crippen LogP contribution in [0.3, 0.4) is 0 Å². The van der Waals surface area contributed by atoms with Gasteiger partial charge >= 0.3 is 12.4 Å². The highest BCUT2D eigenvalue weighted by Crippen LogP contribution is 2.31. The van der Waals surface area contributed by atoms with Crippen LogP contribution in [0.2, 0.25) is 0 Å². The maximum absolute atomic E-state index is 12.7. The molecule has 5 nitrogen and oxygen atoms in total. The maximum atomic E-state index is 12.7. The molecule has 3 rings (SSSR count). The zero-order valence-corrected chi connectivity index (χ0v) is 18.5. The van der Waals surface area contributed by atoms with Gasteiger partial charge in [0.05, 0.1) is 17.7 Å².